The van der Waals surface area contributed by atoms with Crippen LogP contribution < -0.4 is 5.73 Å². The lowest BCUT2D eigenvalue weighted by Crippen LogP contribution is -2.67. The number of hydrogen-bond donors (Lipinski definition) is 1. The number of likely N-dealkylation sites (tertiary alicyclic amines) is 1. The van der Waals surface area contributed by atoms with Crippen molar-refractivity contribution in [1.82, 2.24) is 4.90 Å². The second-order valence-corrected chi connectivity index (χ2v) is 6.72. The maximum Gasteiger partial charge on any atom is 0.0412 e. The lowest BCUT2D eigenvalue weighted by molar-refractivity contribution is 0.0400. The van der Waals surface area contributed by atoms with E-state index in [1.807, 2.05) is 0 Å². The molecule has 1 heterocycles. The standard InChI is InChI=1S/C14H26N2/c1-2-5-14(15)9-16(10-14)8-13-7-11-3-4-12(13)6-11/h11-13H,2-10,15H2,1H3. The molecule has 3 rings (SSSR count). The van der Waals surface area contributed by atoms with E-state index in [4.69, 9.17) is 5.73 Å². The van der Waals surface area contributed by atoms with Crippen LogP contribution >= 0.6 is 0 Å². The van der Waals surface area contributed by atoms with Gasteiger partial charge in [0.25, 0.3) is 0 Å². The van der Waals surface area contributed by atoms with Crippen molar-refractivity contribution < 1.29 is 0 Å². The summed E-state index contributed by atoms with van der Waals surface area (Å²) in [6, 6.07) is 0. The van der Waals surface area contributed by atoms with Gasteiger partial charge in [0.15, 0.2) is 0 Å². The van der Waals surface area contributed by atoms with Gasteiger partial charge in [-0.15, -0.1) is 0 Å². The fraction of sp³-hybridized carbons (Fsp3) is 1.00. The van der Waals surface area contributed by atoms with Crippen molar-refractivity contribution >= 4 is 0 Å². The minimum Gasteiger partial charge on any atom is -0.323 e. The van der Waals surface area contributed by atoms with E-state index < -0.39 is 0 Å². The minimum absolute atomic E-state index is 0.173. The van der Waals surface area contributed by atoms with E-state index in [9.17, 15) is 0 Å². The topological polar surface area (TPSA) is 29.3 Å². The molecule has 2 heteroatoms. The average Bonchev–Trinajstić information content (AvgIpc) is 2.77. The highest BCUT2D eigenvalue weighted by atomic mass is 15.2. The summed E-state index contributed by atoms with van der Waals surface area (Å²) in [6.07, 6.45) is 8.55. The number of fused-ring (bicyclic) bond motifs is 2. The van der Waals surface area contributed by atoms with Crippen LogP contribution in [0.25, 0.3) is 0 Å². The number of nitrogens with zero attached hydrogens (tertiary/aromatic N) is 1. The molecule has 3 atom stereocenters. The molecule has 0 amide bonds. The summed E-state index contributed by atoms with van der Waals surface area (Å²) in [7, 11) is 0. The zero-order chi connectivity index (χ0) is 11.2. The molecule has 2 saturated carbocycles. The van der Waals surface area contributed by atoms with Crippen molar-refractivity contribution in [3.8, 4) is 0 Å². The molecule has 2 N–H and O–H groups in total. The van der Waals surface area contributed by atoms with E-state index in [1.165, 1.54) is 38.6 Å². The van der Waals surface area contributed by atoms with Crippen molar-refractivity contribution in [2.45, 2.75) is 51.0 Å². The third-order valence-corrected chi connectivity index (χ3v) is 5.20. The molecule has 3 fully saturated rings. The monoisotopic (exact) mass is 222 g/mol. The molecule has 0 aromatic rings. The molecule has 0 aromatic carbocycles. The Morgan fingerprint density at radius 2 is 2.06 bits per heavy atom. The van der Waals surface area contributed by atoms with Gasteiger partial charge in [0, 0.05) is 25.2 Å². The molecule has 0 spiro atoms. The Bertz CT molecular complexity index is 257. The highest BCUT2D eigenvalue weighted by Gasteiger charge is 2.44. The summed E-state index contributed by atoms with van der Waals surface area (Å²) >= 11 is 0. The minimum atomic E-state index is 0.173. The van der Waals surface area contributed by atoms with Crippen LogP contribution in [0.15, 0.2) is 0 Å². The SMILES string of the molecule is CCCC1(N)CN(CC2CC3CCC2C3)C1. The van der Waals surface area contributed by atoms with Crippen molar-refractivity contribution in [2.75, 3.05) is 19.6 Å². The van der Waals surface area contributed by atoms with E-state index in [1.54, 1.807) is 6.42 Å². The van der Waals surface area contributed by atoms with Crippen molar-refractivity contribution in [1.29, 1.82) is 0 Å². The molecule has 2 nitrogen and oxygen atoms in total. The Kier molecular flexibility index (Phi) is 2.75. The first kappa shape index (κ1) is 11.0. The molecule has 3 aliphatic rings. The van der Waals surface area contributed by atoms with Crippen molar-refractivity contribution in [2.24, 2.45) is 23.5 Å². The zero-order valence-electron chi connectivity index (χ0n) is 10.6. The highest BCUT2D eigenvalue weighted by molar-refractivity contribution is 5.01. The molecular formula is C14H26N2. The summed E-state index contributed by atoms with van der Waals surface area (Å²) in [6.45, 7) is 5.92. The van der Waals surface area contributed by atoms with Gasteiger partial charge in [-0.3, -0.25) is 4.90 Å². The van der Waals surface area contributed by atoms with Crippen molar-refractivity contribution in [3.63, 3.8) is 0 Å². The molecular weight excluding hydrogens is 196 g/mol. The molecule has 0 aromatic heterocycles. The maximum atomic E-state index is 6.31. The third kappa shape index (κ3) is 1.91. The summed E-state index contributed by atoms with van der Waals surface area (Å²) < 4.78 is 0. The Hall–Kier alpha value is -0.0800. The molecule has 2 aliphatic carbocycles. The smallest absolute Gasteiger partial charge is 0.0412 e. The quantitative estimate of drug-likeness (QED) is 0.790. The largest absolute Gasteiger partial charge is 0.323 e. The summed E-state index contributed by atoms with van der Waals surface area (Å²) in [4.78, 5) is 2.61. The number of hydrogen-bond acceptors (Lipinski definition) is 2. The van der Waals surface area contributed by atoms with Gasteiger partial charge in [-0.05, 0) is 43.4 Å². The predicted octanol–water partition coefficient (Wildman–Crippen LogP) is 2.24. The number of nitrogens with two attached hydrogens (primary N) is 1. The Morgan fingerprint density at radius 3 is 2.62 bits per heavy atom. The number of rotatable bonds is 4. The molecule has 16 heavy (non-hydrogen) atoms. The van der Waals surface area contributed by atoms with Crippen molar-refractivity contribution in [3.05, 3.63) is 0 Å². The lowest BCUT2D eigenvalue weighted by atomic mass is 9.83. The van der Waals surface area contributed by atoms with Crippen LogP contribution in [0, 0.1) is 17.8 Å². The van der Waals surface area contributed by atoms with Crippen LogP contribution in [-0.2, 0) is 0 Å². The molecule has 1 saturated heterocycles. The first-order valence-electron chi connectivity index (χ1n) is 7.20. The Balaban J connectivity index is 1.45. The Morgan fingerprint density at radius 1 is 1.25 bits per heavy atom. The van der Waals surface area contributed by atoms with E-state index in [2.05, 4.69) is 11.8 Å². The average molecular weight is 222 g/mol. The zero-order valence-corrected chi connectivity index (χ0v) is 10.6. The summed E-state index contributed by atoms with van der Waals surface area (Å²) in [5.74, 6) is 3.18. The van der Waals surface area contributed by atoms with Gasteiger partial charge >= 0.3 is 0 Å². The van der Waals surface area contributed by atoms with Crippen LogP contribution in [0.4, 0.5) is 0 Å². The first-order valence-corrected chi connectivity index (χ1v) is 7.20. The van der Waals surface area contributed by atoms with E-state index in [0.717, 1.165) is 30.8 Å². The van der Waals surface area contributed by atoms with Gasteiger partial charge in [0.05, 0.1) is 0 Å². The second-order valence-electron chi connectivity index (χ2n) is 6.72. The molecule has 1 aliphatic heterocycles. The van der Waals surface area contributed by atoms with Crippen LogP contribution in [0.5, 0.6) is 0 Å². The second kappa shape index (κ2) is 3.99. The van der Waals surface area contributed by atoms with Gasteiger partial charge in [-0.1, -0.05) is 19.8 Å². The molecule has 92 valence electrons. The van der Waals surface area contributed by atoms with E-state index in [-0.39, 0.29) is 5.54 Å². The van der Waals surface area contributed by atoms with Crippen LogP contribution in [0.1, 0.15) is 45.4 Å². The summed E-state index contributed by atoms with van der Waals surface area (Å²) in [5.41, 5.74) is 6.49. The van der Waals surface area contributed by atoms with Gasteiger partial charge in [-0.25, -0.2) is 0 Å². The maximum absolute atomic E-state index is 6.31. The van der Waals surface area contributed by atoms with E-state index >= 15 is 0 Å². The molecule has 3 unspecified atom stereocenters. The molecule has 2 bridgehead atoms. The predicted molar refractivity (Wildman–Crippen MR) is 67.2 cm³/mol. The van der Waals surface area contributed by atoms with Gasteiger partial charge in [-0.2, -0.15) is 0 Å². The first-order chi connectivity index (χ1) is 7.68. The van der Waals surface area contributed by atoms with Crippen LogP contribution in [-0.4, -0.2) is 30.1 Å². The van der Waals surface area contributed by atoms with Crippen LogP contribution in [0.2, 0.25) is 0 Å². The van der Waals surface area contributed by atoms with Gasteiger partial charge in [0.2, 0.25) is 0 Å². The van der Waals surface area contributed by atoms with Gasteiger partial charge < -0.3 is 5.73 Å². The van der Waals surface area contributed by atoms with Gasteiger partial charge in [0.1, 0.15) is 0 Å². The lowest BCUT2D eigenvalue weighted by Gasteiger charge is -2.49. The van der Waals surface area contributed by atoms with Crippen LogP contribution in [0.3, 0.4) is 0 Å². The highest BCUT2D eigenvalue weighted by Crippen LogP contribution is 2.48. The normalized spacial score (nSPS) is 41.2. The fourth-order valence-electron chi connectivity index (χ4n) is 4.56. The molecule has 0 radical (unpaired) electrons. The van der Waals surface area contributed by atoms with E-state index in [0.29, 0.717) is 0 Å². The Labute approximate surface area is 99.6 Å². The summed E-state index contributed by atoms with van der Waals surface area (Å²) in [5, 5.41) is 0. The third-order valence-electron chi connectivity index (χ3n) is 5.20. The fourth-order valence-corrected chi connectivity index (χ4v) is 4.56.